The standard InChI is InChI=1S/C15H16O4/c16-13(17)12-10-6-2-3-7-11(10)14(18)19-15(12)8-4-1-5-9-15/h2-3,6-7,12H,1,4-5,8-9H2,(H,16,17)/t12-/m0/s1. The minimum atomic E-state index is -0.901. The normalized spacial score (nSPS) is 24.6. The Bertz CT molecular complexity index is 529. The van der Waals surface area contributed by atoms with Gasteiger partial charge in [-0.2, -0.15) is 0 Å². The van der Waals surface area contributed by atoms with Crippen LogP contribution >= 0.6 is 0 Å². The first kappa shape index (κ1) is 12.2. The molecule has 1 aliphatic carbocycles. The number of hydrogen-bond acceptors (Lipinski definition) is 3. The third-order valence-corrected chi connectivity index (χ3v) is 4.26. The predicted molar refractivity (Wildman–Crippen MR) is 68.1 cm³/mol. The number of fused-ring (bicyclic) bond motifs is 1. The van der Waals surface area contributed by atoms with E-state index in [1.54, 1.807) is 24.3 Å². The first-order chi connectivity index (χ1) is 9.14. The number of carboxylic acids is 1. The summed E-state index contributed by atoms with van der Waals surface area (Å²) in [5.74, 6) is -2.02. The Labute approximate surface area is 111 Å². The number of benzene rings is 1. The molecule has 0 saturated heterocycles. The molecule has 1 atom stereocenters. The van der Waals surface area contributed by atoms with Crippen LogP contribution in [0.3, 0.4) is 0 Å². The van der Waals surface area contributed by atoms with Gasteiger partial charge in [-0.05, 0) is 37.3 Å². The van der Waals surface area contributed by atoms with Crippen molar-refractivity contribution in [2.24, 2.45) is 0 Å². The number of carboxylic acid groups (broad SMARTS) is 1. The highest BCUT2D eigenvalue weighted by molar-refractivity contribution is 5.96. The van der Waals surface area contributed by atoms with Crippen molar-refractivity contribution in [3.63, 3.8) is 0 Å². The van der Waals surface area contributed by atoms with Gasteiger partial charge in [-0.3, -0.25) is 4.79 Å². The largest absolute Gasteiger partial charge is 0.481 e. The SMILES string of the molecule is O=C1OC2(CCCCC2)[C@H](C(=O)O)c2ccccc21. The molecule has 1 fully saturated rings. The van der Waals surface area contributed by atoms with Crippen LogP contribution in [0.4, 0.5) is 0 Å². The van der Waals surface area contributed by atoms with Crippen LogP contribution in [-0.2, 0) is 9.53 Å². The molecule has 1 spiro atoms. The molecule has 1 N–H and O–H groups in total. The molecule has 0 radical (unpaired) electrons. The Balaban J connectivity index is 2.13. The fourth-order valence-electron chi connectivity index (χ4n) is 3.42. The van der Waals surface area contributed by atoms with Crippen molar-refractivity contribution in [1.29, 1.82) is 0 Å². The molecule has 0 unspecified atom stereocenters. The average Bonchev–Trinajstić information content (AvgIpc) is 2.39. The molecule has 19 heavy (non-hydrogen) atoms. The second-order valence-corrected chi connectivity index (χ2v) is 5.37. The highest BCUT2D eigenvalue weighted by Gasteiger charge is 2.52. The molecule has 4 nitrogen and oxygen atoms in total. The van der Waals surface area contributed by atoms with Gasteiger partial charge in [-0.25, -0.2) is 4.79 Å². The molecular formula is C15H16O4. The number of carbonyl (C=O) groups is 2. The van der Waals surface area contributed by atoms with Gasteiger partial charge >= 0.3 is 11.9 Å². The number of hydrogen-bond donors (Lipinski definition) is 1. The Morgan fingerprint density at radius 2 is 1.89 bits per heavy atom. The molecule has 1 aromatic carbocycles. The van der Waals surface area contributed by atoms with Crippen LogP contribution in [0, 0.1) is 0 Å². The van der Waals surface area contributed by atoms with Gasteiger partial charge in [0.15, 0.2) is 0 Å². The van der Waals surface area contributed by atoms with Crippen molar-refractivity contribution in [2.75, 3.05) is 0 Å². The molecule has 0 amide bonds. The molecule has 0 bridgehead atoms. The topological polar surface area (TPSA) is 63.6 Å². The van der Waals surface area contributed by atoms with E-state index < -0.39 is 17.5 Å². The summed E-state index contributed by atoms with van der Waals surface area (Å²) in [4.78, 5) is 23.8. The van der Waals surface area contributed by atoms with Gasteiger partial charge in [0.25, 0.3) is 0 Å². The lowest BCUT2D eigenvalue weighted by molar-refractivity contribution is -0.149. The number of rotatable bonds is 1. The Morgan fingerprint density at radius 1 is 1.21 bits per heavy atom. The quantitative estimate of drug-likeness (QED) is 0.788. The minimum Gasteiger partial charge on any atom is -0.481 e. The maximum absolute atomic E-state index is 12.1. The van der Waals surface area contributed by atoms with Crippen LogP contribution < -0.4 is 0 Å². The highest BCUT2D eigenvalue weighted by Crippen LogP contribution is 2.47. The Morgan fingerprint density at radius 3 is 2.58 bits per heavy atom. The van der Waals surface area contributed by atoms with Gasteiger partial charge in [0.2, 0.25) is 0 Å². The fraction of sp³-hybridized carbons (Fsp3) is 0.467. The summed E-state index contributed by atoms with van der Waals surface area (Å²) in [5, 5.41) is 9.60. The molecule has 100 valence electrons. The van der Waals surface area contributed by atoms with Crippen LogP contribution in [0.15, 0.2) is 24.3 Å². The minimum absolute atomic E-state index is 0.380. The van der Waals surface area contributed by atoms with Crippen LogP contribution in [0.1, 0.15) is 53.9 Å². The zero-order valence-corrected chi connectivity index (χ0v) is 10.6. The van der Waals surface area contributed by atoms with Gasteiger partial charge in [-0.1, -0.05) is 24.6 Å². The summed E-state index contributed by atoms with van der Waals surface area (Å²) in [6, 6.07) is 6.90. The maximum atomic E-state index is 12.1. The lowest BCUT2D eigenvalue weighted by Gasteiger charge is -2.44. The smallest absolute Gasteiger partial charge is 0.339 e. The zero-order chi connectivity index (χ0) is 13.5. The van der Waals surface area contributed by atoms with Gasteiger partial charge in [0, 0.05) is 0 Å². The van der Waals surface area contributed by atoms with Crippen molar-refractivity contribution in [1.82, 2.24) is 0 Å². The lowest BCUT2D eigenvalue weighted by Crippen LogP contribution is -2.49. The summed E-state index contributed by atoms with van der Waals surface area (Å²) in [7, 11) is 0. The number of carbonyl (C=O) groups excluding carboxylic acids is 1. The van der Waals surface area contributed by atoms with Crippen molar-refractivity contribution in [2.45, 2.75) is 43.6 Å². The number of ether oxygens (including phenoxy) is 1. The van der Waals surface area contributed by atoms with E-state index in [9.17, 15) is 14.7 Å². The van der Waals surface area contributed by atoms with E-state index >= 15 is 0 Å². The summed E-state index contributed by atoms with van der Waals surface area (Å²) in [6.07, 6.45) is 4.19. The summed E-state index contributed by atoms with van der Waals surface area (Å²) in [6.45, 7) is 0. The molecule has 1 heterocycles. The van der Waals surface area contributed by atoms with Crippen LogP contribution in [0.5, 0.6) is 0 Å². The van der Waals surface area contributed by atoms with E-state index in [4.69, 9.17) is 4.74 Å². The average molecular weight is 260 g/mol. The van der Waals surface area contributed by atoms with Crippen molar-refractivity contribution < 1.29 is 19.4 Å². The van der Waals surface area contributed by atoms with Crippen LogP contribution in [0.2, 0.25) is 0 Å². The molecule has 4 heteroatoms. The summed E-state index contributed by atoms with van der Waals surface area (Å²) in [5.41, 5.74) is 0.162. The maximum Gasteiger partial charge on any atom is 0.339 e. The molecule has 2 aliphatic rings. The third-order valence-electron chi connectivity index (χ3n) is 4.26. The molecule has 1 aliphatic heterocycles. The number of esters is 1. The van der Waals surface area contributed by atoms with Gasteiger partial charge in [-0.15, -0.1) is 0 Å². The van der Waals surface area contributed by atoms with E-state index in [0.29, 0.717) is 24.0 Å². The molecule has 0 aromatic heterocycles. The zero-order valence-electron chi connectivity index (χ0n) is 10.6. The fourth-order valence-corrected chi connectivity index (χ4v) is 3.42. The van der Waals surface area contributed by atoms with E-state index in [0.717, 1.165) is 19.3 Å². The highest BCUT2D eigenvalue weighted by atomic mass is 16.6. The first-order valence-corrected chi connectivity index (χ1v) is 6.69. The van der Waals surface area contributed by atoms with Crippen LogP contribution in [0.25, 0.3) is 0 Å². The number of aliphatic carboxylic acids is 1. The molecule has 1 saturated carbocycles. The monoisotopic (exact) mass is 260 g/mol. The van der Waals surface area contributed by atoms with Crippen LogP contribution in [-0.4, -0.2) is 22.6 Å². The van der Waals surface area contributed by atoms with E-state index in [1.165, 1.54) is 0 Å². The second kappa shape index (κ2) is 4.37. The molecular weight excluding hydrogens is 244 g/mol. The van der Waals surface area contributed by atoms with E-state index in [1.807, 2.05) is 0 Å². The molecule has 3 rings (SSSR count). The summed E-state index contributed by atoms with van der Waals surface area (Å²) >= 11 is 0. The second-order valence-electron chi connectivity index (χ2n) is 5.37. The van der Waals surface area contributed by atoms with Gasteiger partial charge < -0.3 is 9.84 Å². The van der Waals surface area contributed by atoms with Gasteiger partial charge in [0.05, 0.1) is 5.56 Å². The van der Waals surface area contributed by atoms with Gasteiger partial charge in [0.1, 0.15) is 11.5 Å². The van der Waals surface area contributed by atoms with E-state index in [-0.39, 0.29) is 5.97 Å². The Kier molecular flexibility index (Phi) is 2.81. The van der Waals surface area contributed by atoms with E-state index in [2.05, 4.69) is 0 Å². The Hall–Kier alpha value is -1.84. The molecule has 1 aromatic rings. The van der Waals surface area contributed by atoms with Crippen molar-refractivity contribution in [3.8, 4) is 0 Å². The van der Waals surface area contributed by atoms with Crippen molar-refractivity contribution >= 4 is 11.9 Å². The summed E-state index contributed by atoms with van der Waals surface area (Å²) < 4.78 is 5.60. The third kappa shape index (κ3) is 1.82. The lowest BCUT2D eigenvalue weighted by atomic mass is 9.70. The first-order valence-electron chi connectivity index (χ1n) is 6.69. The predicted octanol–water partition coefficient (Wildman–Crippen LogP) is 2.73. The van der Waals surface area contributed by atoms with Crippen molar-refractivity contribution in [3.05, 3.63) is 35.4 Å².